The molecular weight excluding hydrogens is 312 g/mol. The van der Waals surface area contributed by atoms with Gasteiger partial charge >= 0.3 is 0 Å². The zero-order chi connectivity index (χ0) is 13.5. The van der Waals surface area contributed by atoms with Gasteiger partial charge in [-0.25, -0.2) is 4.98 Å². The van der Waals surface area contributed by atoms with Gasteiger partial charge < -0.3 is 4.98 Å². The van der Waals surface area contributed by atoms with Crippen LogP contribution in [0.3, 0.4) is 0 Å². The lowest BCUT2D eigenvalue weighted by molar-refractivity contribution is 1.38. The maximum atomic E-state index is 4.83. The summed E-state index contributed by atoms with van der Waals surface area (Å²) in [6, 6.07) is 18.6. The van der Waals surface area contributed by atoms with Crippen LogP contribution >= 0.6 is 15.9 Å². The Balaban J connectivity index is 2.11. The smallest absolute Gasteiger partial charge is 0.0950 e. The first kappa shape index (κ1) is 11.7. The van der Waals surface area contributed by atoms with E-state index in [9.17, 15) is 0 Å². The van der Waals surface area contributed by atoms with Crippen LogP contribution in [-0.2, 0) is 0 Å². The van der Waals surface area contributed by atoms with Crippen molar-refractivity contribution in [1.29, 1.82) is 0 Å². The fourth-order valence-electron chi connectivity index (χ4n) is 2.58. The van der Waals surface area contributed by atoms with Gasteiger partial charge in [0.25, 0.3) is 0 Å². The molecule has 2 aromatic carbocycles. The van der Waals surface area contributed by atoms with Crippen LogP contribution in [0.25, 0.3) is 33.1 Å². The number of aromatic nitrogens is 2. The summed E-state index contributed by atoms with van der Waals surface area (Å²) < 4.78 is 1.07. The normalized spacial score (nSPS) is 11.2. The summed E-state index contributed by atoms with van der Waals surface area (Å²) >= 11 is 3.47. The van der Waals surface area contributed by atoms with Crippen molar-refractivity contribution in [2.75, 3.05) is 0 Å². The van der Waals surface area contributed by atoms with E-state index in [0.29, 0.717) is 0 Å². The van der Waals surface area contributed by atoms with E-state index in [2.05, 4.69) is 57.3 Å². The molecule has 1 N–H and O–H groups in total. The fourth-order valence-corrected chi connectivity index (χ4v) is 2.85. The Morgan fingerprint density at radius 1 is 0.850 bits per heavy atom. The van der Waals surface area contributed by atoms with E-state index in [4.69, 9.17) is 4.98 Å². The molecule has 3 heteroatoms. The lowest BCUT2D eigenvalue weighted by Gasteiger charge is -2.06. The molecule has 0 bridgehead atoms. The van der Waals surface area contributed by atoms with E-state index in [-0.39, 0.29) is 0 Å². The zero-order valence-corrected chi connectivity index (χ0v) is 12.2. The van der Waals surface area contributed by atoms with E-state index in [1.165, 1.54) is 10.8 Å². The largest absolute Gasteiger partial charge is 0.359 e. The van der Waals surface area contributed by atoms with Crippen LogP contribution in [0.2, 0.25) is 0 Å². The minimum Gasteiger partial charge on any atom is -0.359 e. The Kier molecular flexibility index (Phi) is 2.60. The average molecular weight is 323 g/mol. The summed E-state index contributed by atoms with van der Waals surface area (Å²) in [5.74, 6) is 0. The number of benzene rings is 2. The van der Waals surface area contributed by atoms with Gasteiger partial charge in [0.2, 0.25) is 0 Å². The van der Waals surface area contributed by atoms with Crippen molar-refractivity contribution >= 4 is 37.7 Å². The van der Waals surface area contributed by atoms with Gasteiger partial charge in [0.05, 0.1) is 16.7 Å². The van der Waals surface area contributed by atoms with E-state index < -0.39 is 0 Å². The molecule has 0 atom stereocenters. The van der Waals surface area contributed by atoms with Crippen LogP contribution in [0.1, 0.15) is 0 Å². The number of para-hydroxylation sites is 1. The van der Waals surface area contributed by atoms with Crippen LogP contribution in [0.5, 0.6) is 0 Å². The van der Waals surface area contributed by atoms with Crippen molar-refractivity contribution in [3.8, 4) is 11.3 Å². The van der Waals surface area contributed by atoms with Crippen molar-refractivity contribution in [1.82, 2.24) is 9.97 Å². The van der Waals surface area contributed by atoms with Crippen molar-refractivity contribution < 1.29 is 0 Å². The maximum absolute atomic E-state index is 4.83. The molecule has 0 unspecified atom stereocenters. The minimum absolute atomic E-state index is 0.996. The second-order valence-corrected chi connectivity index (χ2v) is 5.67. The third-order valence-electron chi connectivity index (χ3n) is 3.53. The molecule has 4 rings (SSSR count). The van der Waals surface area contributed by atoms with Crippen LogP contribution < -0.4 is 0 Å². The van der Waals surface area contributed by atoms with Crippen LogP contribution in [0.15, 0.2) is 65.3 Å². The second kappa shape index (κ2) is 4.46. The van der Waals surface area contributed by atoms with Gasteiger partial charge in [-0.2, -0.15) is 0 Å². The van der Waals surface area contributed by atoms with Gasteiger partial charge in [0.1, 0.15) is 0 Å². The van der Waals surface area contributed by atoms with Gasteiger partial charge in [-0.15, -0.1) is 0 Å². The predicted octanol–water partition coefficient (Wildman–Crippen LogP) is 5.15. The molecule has 2 nitrogen and oxygen atoms in total. The van der Waals surface area contributed by atoms with E-state index in [1.54, 1.807) is 0 Å². The van der Waals surface area contributed by atoms with Gasteiger partial charge in [-0.3, -0.25) is 0 Å². The fraction of sp³-hybridized carbons (Fsp3) is 0. The Bertz CT molecular complexity index is 907. The summed E-state index contributed by atoms with van der Waals surface area (Å²) in [4.78, 5) is 8.15. The third kappa shape index (κ3) is 1.74. The van der Waals surface area contributed by atoms with E-state index in [1.807, 2.05) is 24.4 Å². The minimum atomic E-state index is 0.996. The Labute approximate surface area is 124 Å². The van der Waals surface area contributed by atoms with Crippen LogP contribution in [-0.4, -0.2) is 9.97 Å². The Morgan fingerprint density at radius 2 is 1.65 bits per heavy atom. The number of nitrogens with zero attached hydrogens (tertiary/aromatic N) is 1. The summed E-state index contributed by atoms with van der Waals surface area (Å²) in [6.45, 7) is 0. The third-order valence-corrected chi connectivity index (χ3v) is 4.06. The molecule has 0 saturated heterocycles. The number of aromatic amines is 1. The first-order valence-corrected chi connectivity index (χ1v) is 7.24. The highest BCUT2D eigenvalue weighted by Gasteiger charge is 2.10. The highest BCUT2D eigenvalue weighted by atomic mass is 79.9. The van der Waals surface area contributed by atoms with Crippen molar-refractivity contribution in [3.63, 3.8) is 0 Å². The number of rotatable bonds is 1. The number of H-pyrrole nitrogens is 1. The van der Waals surface area contributed by atoms with Crippen molar-refractivity contribution in [2.45, 2.75) is 0 Å². The first-order valence-electron chi connectivity index (χ1n) is 6.45. The number of halogens is 1. The molecule has 0 radical (unpaired) electrons. The molecule has 0 aliphatic carbocycles. The Hall–Kier alpha value is -2.13. The summed E-state index contributed by atoms with van der Waals surface area (Å²) in [5, 5.41) is 2.40. The van der Waals surface area contributed by atoms with Gasteiger partial charge in [0, 0.05) is 27.0 Å². The number of pyridine rings is 1. The standard InChI is InChI=1S/C17H11BrN2/c18-12-7-5-11(6-8-12)16-17-14(9-10-19-17)13-3-1-2-4-15(13)20-16/h1-10,19H. The summed E-state index contributed by atoms with van der Waals surface area (Å²) in [6.07, 6.45) is 1.97. The monoisotopic (exact) mass is 322 g/mol. The quantitative estimate of drug-likeness (QED) is 0.516. The lowest BCUT2D eigenvalue weighted by Crippen LogP contribution is -1.88. The SMILES string of the molecule is Brc1ccc(-c2nc3ccccc3c3cc[nH]c23)cc1. The lowest BCUT2D eigenvalue weighted by atomic mass is 10.1. The molecule has 0 aliphatic rings. The summed E-state index contributed by atoms with van der Waals surface area (Å²) in [7, 11) is 0. The molecule has 4 aromatic rings. The molecule has 0 amide bonds. The molecule has 0 fully saturated rings. The number of hydrogen-bond acceptors (Lipinski definition) is 1. The highest BCUT2D eigenvalue weighted by Crippen LogP contribution is 2.31. The first-order chi connectivity index (χ1) is 9.83. The molecule has 96 valence electrons. The van der Waals surface area contributed by atoms with Crippen LogP contribution in [0.4, 0.5) is 0 Å². The van der Waals surface area contributed by atoms with Gasteiger partial charge in [0.15, 0.2) is 0 Å². The topological polar surface area (TPSA) is 28.7 Å². The molecule has 20 heavy (non-hydrogen) atoms. The highest BCUT2D eigenvalue weighted by molar-refractivity contribution is 9.10. The molecule has 0 aliphatic heterocycles. The van der Waals surface area contributed by atoms with E-state index >= 15 is 0 Å². The van der Waals surface area contributed by atoms with Gasteiger partial charge in [-0.05, 0) is 24.3 Å². The molecule has 0 saturated carbocycles. The molecule has 2 heterocycles. The Morgan fingerprint density at radius 3 is 2.50 bits per heavy atom. The van der Waals surface area contributed by atoms with Crippen molar-refractivity contribution in [3.05, 3.63) is 65.3 Å². The molecule has 0 spiro atoms. The zero-order valence-electron chi connectivity index (χ0n) is 10.6. The number of nitrogens with one attached hydrogen (secondary N) is 1. The number of fused-ring (bicyclic) bond motifs is 3. The second-order valence-electron chi connectivity index (χ2n) is 4.75. The summed E-state index contributed by atoms with van der Waals surface area (Å²) in [5.41, 5.74) is 4.23. The van der Waals surface area contributed by atoms with E-state index in [0.717, 1.165) is 26.8 Å². The molecule has 2 aromatic heterocycles. The maximum Gasteiger partial charge on any atom is 0.0950 e. The number of hydrogen-bond donors (Lipinski definition) is 1. The van der Waals surface area contributed by atoms with Crippen molar-refractivity contribution in [2.24, 2.45) is 0 Å². The van der Waals surface area contributed by atoms with Gasteiger partial charge in [-0.1, -0.05) is 46.3 Å². The predicted molar refractivity (Wildman–Crippen MR) is 86.7 cm³/mol. The average Bonchev–Trinajstić information content (AvgIpc) is 2.97. The molecular formula is C17H11BrN2. The van der Waals surface area contributed by atoms with Crippen LogP contribution in [0, 0.1) is 0 Å².